The van der Waals surface area contributed by atoms with Crippen molar-refractivity contribution in [1.82, 2.24) is 4.90 Å². The molecule has 0 saturated carbocycles. The minimum absolute atomic E-state index is 0.182. The Kier molecular flexibility index (Phi) is 5.08. The van der Waals surface area contributed by atoms with Crippen LogP contribution in [0, 0.1) is 0 Å². The fourth-order valence-electron chi connectivity index (χ4n) is 2.98. The fourth-order valence-corrected chi connectivity index (χ4v) is 2.98. The van der Waals surface area contributed by atoms with E-state index in [4.69, 9.17) is 14.0 Å². The monoisotopic (exact) mass is 325 g/mol. The van der Waals surface area contributed by atoms with Crippen LogP contribution in [0.3, 0.4) is 0 Å². The second-order valence-electron chi connectivity index (χ2n) is 8.78. The molecule has 0 aromatic carbocycles. The topological polar surface area (TPSA) is 48.0 Å². The number of rotatable bonds is 1. The van der Waals surface area contributed by atoms with Crippen molar-refractivity contribution in [1.29, 1.82) is 0 Å². The van der Waals surface area contributed by atoms with E-state index in [1.54, 1.807) is 0 Å². The van der Waals surface area contributed by atoms with Crippen LogP contribution in [-0.2, 0) is 14.0 Å². The third-order valence-corrected chi connectivity index (χ3v) is 5.08. The van der Waals surface area contributed by atoms with E-state index in [1.807, 2.05) is 25.7 Å². The molecule has 0 aromatic rings. The van der Waals surface area contributed by atoms with Gasteiger partial charge in [-0.3, -0.25) is 0 Å². The van der Waals surface area contributed by atoms with Gasteiger partial charge in [0.05, 0.1) is 11.2 Å². The van der Waals surface area contributed by atoms with Gasteiger partial charge in [-0.05, 0) is 67.1 Å². The molecule has 1 atom stereocenters. The van der Waals surface area contributed by atoms with E-state index in [2.05, 4.69) is 27.7 Å². The second kappa shape index (κ2) is 6.28. The molecule has 0 spiro atoms. The lowest BCUT2D eigenvalue weighted by Crippen LogP contribution is -2.41. The first-order chi connectivity index (χ1) is 10.4. The zero-order valence-corrected chi connectivity index (χ0v) is 15.8. The molecule has 5 nitrogen and oxygen atoms in total. The van der Waals surface area contributed by atoms with Crippen LogP contribution in [0.15, 0.2) is 0 Å². The molecule has 0 N–H and O–H groups in total. The molecule has 2 heterocycles. The van der Waals surface area contributed by atoms with Gasteiger partial charge >= 0.3 is 13.2 Å². The number of hydrogen-bond donors (Lipinski definition) is 0. The minimum atomic E-state index is -0.450. The average molecular weight is 325 g/mol. The van der Waals surface area contributed by atoms with Crippen LogP contribution in [0.4, 0.5) is 4.79 Å². The molecule has 2 aliphatic rings. The summed E-state index contributed by atoms with van der Waals surface area (Å²) < 4.78 is 17.8. The van der Waals surface area contributed by atoms with E-state index in [0.717, 1.165) is 25.8 Å². The van der Waals surface area contributed by atoms with E-state index in [0.29, 0.717) is 12.4 Å². The standard InChI is InChI=1S/C17H32BNO4/c1-15(2,3)21-14(20)19-11-8-9-13(10-12-19)18-22-16(4,5)17(6,7)23-18/h13H,8-12H2,1-7H3. The van der Waals surface area contributed by atoms with Crippen molar-refractivity contribution in [2.24, 2.45) is 0 Å². The number of hydrogen-bond acceptors (Lipinski definition) is 4. The van der Waals surface area contributed by atoms with E-state index in [9.17, 15) is 4.79 Å². The van der Waals surface area contributed by atoms with Gasteiger partial charge in [-0.15, -0.1) is 0 Å². The van der Waals surface area contributed by atoms with Crippen molar-refractivity contribution >= 4 is 13.2 Å². The molecule has 0 bridgehead atoms. The molecule has 0 radical (unpaired) electrons. The van der Waals surface area contributed by atoms with Crippen LogP contribution >= 0.6 is 0 Å². The maximum absolute atomic E-state index is 12.2. The fraction of sp³-hybridized carbons (Fsp3) is 0.941. The smallest absolute Gasteiger partial charge is 0.444 e. The molecular formula is C17H32BNO4. The Hall–Kier alpha value is -0.745. The minimum Gasteiger partial charge on any atom is -0.444 e. The lowest BCUT2D eigenvalue weighted by Gasteiger charge is -2.32. The van der Waals surface area contributed by atoms with Crippen molar-refractivity contribution in [3.8, 4) is 0 Å². The molecule has 1 unspecified atom stereocenters. The predicted molar refractivity (Wildman–Crippen MR) is 91.5 cm³/mol. The number of ether oxygens (including phenoxy) is 1. The summed E-state index contributed by atoms with van der Waals surface area (Å²) in [5.41, 5.74) is -1.04. The van der Waals surface area contributed by atoms with Crippen LogP contribution in [-0.4, -0.2) is 48.0 Å². The largest absolute Gasteiger partial charge is 0.461 e. The number of amides is 1. The van der Waals surface area contributed by atoms with Gasteiger partial charge in [-0.1, -0.05) is 6.42 Å². The van der Waals surface area contributed by atoms with Crippen molar-refractivity contribution in [3.05, 3.63) is 0 Å². The maximum atomic E-state index is 12.2. The highest BCUT2D eigenvalue weighted by Gasteiger charge is 2.53. The Morgan fingerprint density at radius 1 is 1.09 bits per heavy atom. The zero-order valence-electron chi connectivity index (χ0n) is 15.8. The highest BCUT2D eigenvalue weighted by molar-refractivity contribution is 6.47. The van der Waals surface area contributed by atoms with Crippen LogP contribution in [0.25, 0.3) is 0 Å². The van der Waals surface area contributed by atoms with E-state index >= 15 is 0 Å². The Labute approximate surface area is 141 Å². The summed E-state index contributed by atoms with van der Waals surface area (Å²) in [6.07, 6.45) is 2.63. The number of carbonyl (C=O) groups is 1. The Balaban J connectivity index is 1.93. The molecule has 2 rings (SSSR count). The van der Waals surface area contributed by atoms with Crippen molar-refractivity contribution < 1.29 is 18.8 Å². The van der Waals surface area contributed by atoms with Gasteiger partial charge in [-0.2, -0.15) is 0 Å². The Morgan fingerprint density at radius 3 is 2.17 bits per heavy atom. The summed E-state index contributed by atoms with van der Waals surface area (Å²) in [4.78, 5) is 14.1. The number of carbonyl (C=O) groups excluding carboxylic acids is 1. The predicted octanol–water partition coefficient (Wildman–Crippen LogP) is 3.87. The van der Waals surface area contributed by atoms with Gasteiger partial charge in [0.25, 0.3) is 0 Å². The number of likely N-dealkylation sites (tertiary alicyclic amines) is 1. The Morgan fingerprint density at radius 2 is 1.65 bits per heavy atom. The summed E-state index contributed by atoms with van der Waals surface area (Å²) in [5, 5.41) is 0. The molecule has 2 saturated heterocycles. The Bertz CT molecular complexity index is 428. The average Bonchev–Trinajstić information content (AvgIpc) is 2.55. The summed E-state index contributed by atoms with van der Waals surface area (Å²) >= 11 is 0. The first-order valence-corrected chi connectivity index (χ1v) is 8.75. The number of nitrogens with zero attached hydrogens (tertiary/aromatic N) is 1. The van der Waals surface area contributed by atoms with Crippen LogP contribution in [0.2, 0.25) is 5.82 Å². The summed E-state index contributed by atoms with van der Waals surface area (Å²) in [5.74, 6) is 0.323. The molecule has 23 heavy (non-hydrogen) atoms. The van der Waals surface area contributed by atoms with E-state index in [-0.39, 0.29) is 24.4 Å². The van der Waals surface area contributed by atoms with Crippen LogP contribution < -0.4 is 0 Å². The molecule has 2 fully saturated rings. The van der Waals surface area contributed by atoms with Gasteiger partial charge in [-0.25, -0.2) is 4.79 Å². The molecule has 1 amide bonds. The third kappa shape index (κ3) is 4.41. The van der Waals surface area contributed by atoms with Gasteiger partial charge in [0.2, 0.25) is 0 Å². The summed E-state index contributed by atoms with van der Waals surface area (Å²) in [6.45, 7) is 15.5. The van der Waals surface area contributed by atoms with Gasteiger partial charge in [0.1, 0.15) is 5.60 Å². The van der Waals surface area contributed by atoms with Gasteiger partial charge in [0, 0.05) is 13.1 Å². The lowest BCUT2D eigenvalue weighted by molar-refractivity contribution is 0.00578. The highest BCUT2D eigenvalue weighted by atomic mass is 16.7. The summed E-state index contributed by atoms with van der Waals surface area (Å²) in [6, 6.07) is 0. The van der Waals surface area contributed by atoms with Crippen molar-refractivity contribution in [2.45, 2.75) is 90.3 Å². The van der Waals surface area contributed by atoms with E-state index < -0.39 is 5.60 Å². The lowest BCUT2D eigenvalue weighted by atomic mass is 9.68. The van der Waals surface area contributed by atoms with Crippen LogP contribution in [0.1, 0.15) is 67.7 Å². The maximum Gasteiger partial charge on any atom is 0.461 e. The third-order valence-electron chi connectivity index (χ3n) is 5.08. The SMILES string of the molecule is CC(C)(C)OC(=O)N1CCCC(B2OC(C)(C)C(C)(C)O2)CC1. The highest BCUT2D eigenvalue weighted by Crippen LogP contribution is 2.42. The van der Waals surface area contributed by atoms with Crippen molar-refractivity contribution in [2.75, 3.05) is 13.1 Å². The van der Waals surface area contributed by atoms with Crippen LogP contribution in [0.5, 0.6) is 0 Å². The quantitative estimate of drug-likeness (QED) is 0.687. The first kappa shape index (κ1) is 18.6. The molecule has 132 valence electrons. The zero-order chi connectivity index (χ0) is 17.5. The van der Waals surface area contributed by atoms with E-state index in [1.165, 1.54) is 0 Å². The molecule has 6 heteroatoms. The molecule has 2 aliphatic heterocycles. The summed E-state index contributed by atoms with van der Waals surface area (Å²) in [7, 11) is -0.182. The second-order valence-corrected chi connectivity index (χ2v) is 8.78. The van der Waals surface area contributed by atoms with Gasteiger partial charge in [0.15, 0.2) is 0 Å². The van der Waals surface area contributed by atoms with Crippen molar-refractivity contribution in [3.63, 3.8) is 0 Å². The normalized spacial score (nSPS) is 27.7. The molecule has 0 aromatic heterocycles. The molecule has 0 aliphatic carbocycles. The first-order valence-electron chi connectivity index (χ1n) is 8.75. The van der Waals surface area contributed by atoms with Gasteiger partial charge < -0.3 is 18.9 Å². The molecular weight excluding hydrogens is 293 g/mol.